The van der Waals surface area contributed by atoms with Crippen molar-refractivity contribution in [1.82, 2.24) is 0 Å². The Labute approximate surface area is 117 Å². The summed E-state index contributed by atoms with van der Waals surface area (Å²) in [5, 5.41) is 0. The van der Waals surface area contributed by atoms with Gasteiger partial charge in [0.05, 0.1) is 7.59 Å². The van der Waals surface area contributed by atoms with E-state index < -0.39 is 15.4 Å². The van der Waals surface area contributed by atoms with Crippen molar-refractivity contribution in [2.45, 2.75) is 44.8 Å². The zero-order valence-corrected chi connectivity index (χ0v) is 14.1. The van der Waals surface area contributed by atoms with Gasteiger partial charge in [-0.05, 0) is 43.8 Å². The highest BCUT2D eigenvalue weighted by molar-refractivity contribution is 7.38. The van der Waals surface area contributed by atoms with Crippen LogP contribution < -0.4 is 0 Å². The van der Waals surface area contributed by atoms with Gasteiger partial charge in [-0.25, -0.2) is 4.39 Å². The monoisotopic (exact) mass is 292 g/mol. The van der Waals surface area contributed by atoms with Crippen molar-refractivity contribution in [2.24, 2.45) is 0 Å². The first kappa shape index (κ1) is 14.5. The minimum atomic E-state index is -1.55. The van der Waals surface area contributed by atoms with E-state index in [0.29, 0.717) is 0 Å². The summed E-state index contributed by atoms with van der Waals surface area (Å²) in [6, 6.07) is 7.62. The second kappa shape index (κ2) is 5.24. The third-order valence-electron chi connectivity index (χ3n) is 4.32. The summed E-state index contributed by atoms with van der Waals surface area (Å²) in [7, 11) is -2.73. The minimum absolute atomic E-state index is 0.0623. The Morgan fingerprint density at radius 3 is 2.37 bits per heavy atom. The van der Waals surface area contributed by atoms with Gasteiger partial charge in [0.25, 0.3) is 0 Å². The first-order chi connectivity index (χ1) is 8.80. The Morgan fingerprint density at radius 2 is 1.79 bits per heavy atom. The molecule has 2 rings (SSSR count). The summed E-state index contributed by atoms with van der Waals surface area (Å²) in [5.74, 6) is 6.09. The maximum absolute atomic E-state index is 12.8. The summed E-state index contributed by atoms with van der Waals surface area (Å²) in [6.45, 7) is 9.52. The van der Waals surface area contributed by atoms with Gasteiger partial charge in [0.2, 0.25) is 0 Å². The zero-order valence-electron chi connectivity index (χ0n) is 12.1. The molecule has 1 heterocycles. The van der Waals surface area contributed by atoms with Crippen LogP contribution in [0.25, 0.3) is 0 Å². The second-order valence-corrected chi connectivity index (χ2v) is 21.5. The molecule has 1 aromatic carbocycles. The van der Waals surface area contributed by atoms with Crippen LogP contribution >= 0.6 is 0 Å². The summed E-state index contributed by atoms with van der Waals surface area (Å²) < 4.78 is 19.1. The standard InChI is InChI=1S/C15H21FOSi2/c1-18(2)12-11-15(17-19(18,3)4)10-7-13-5-8-14(16)9-6-13/h5-6,8-9,15H,11-12H2,1-4H3. The summed E-state index contributed by atoms with van der Waals surface area (Å²) in [4.78, 5) is 0. The highest BCUT2D eigenvalue weighted by Gasteiger charge is 2.47. The molecule has 0 bridgehead atoms. The third-order valence-corrected chi connectivity index (χ3v) is 20.9. The Morgan fingerprint density at radius 1 is 1.16 bits per heavy atom. The highest BCUT2D eigenvalue weighted by Crippen LogP contribution is 2.33. The van der Waals surface area contributed by atoms with Crippen LogP contribution in [-0.2, 0) is 4.43 Å². The van der Waals surface area contributed by atoms with Gasteiger partial charge >= 0.3 is 0 Å². The van der Waals surface area contributed by atoms with E-state index in [-0.39, 0.29) is 11.9 Å². The smallest absolute Gasteiger partial charge is 0.175 e. The number of hydrogen-bond donors (Lipinski definition) is 0. The van der Waals surface area contributed by atoms with E-state index in [1.54, 1.807) is 12.1 Å². The molecule has 1 atom stereocenters. The highest BCUT2D eigenvalue weighted by atomic mass is 29.3. The van der Waals surface area contributed by atoms with Crippen LogP contribution in [0.1, 0.15) is 12.0 Å². The molecule has 0 aliphatic carbocycles. The fourth-order valence-electron chi connectivity index (χ4n) is 2.17. The number of halogens is 1. The Balaban J connectivity index is 2.08. The average Bonchev–Trinajstić information content (AvgIpc) is 2.33. The fraction of sp³-hybridized carbons (Fsp3) is 0.467. The van der Waals surface area contributed by atoms with Gasteiger partial charge in [0, 0.05) is 5.56 Å². The molecule has 1 aromatic rings. The first-order valence-electron chi connectivity index (χ1n) is 6.75. The van der Waals surface area contributed by atoms with E-state index >= 15 is 0 Å². The molecule has 102 valence electrons. The third kappa shape index (κ3) is 3.35. The molecule has 19 heavy (non-hydrogen) atoms. The minimum Gasteiger partial charge on any atom is -0.407 e. The average molecular weight is 293 g/mol. The van der Waals surface area contributed by atoms with Crippen LogP contribution in [0.3, 0.4) is 0 Å². The molecular formula is C15H21FOSi2. The Hall–Kier alpha value is -0.896. The van der Waals surface area contributed by atoms with Gasteiger partial charge in [-0.2, -0.15) is 0 Å². The van der Waals surface area contributed by atoms with E-state index in [1.807, 2.05) is 0 Å². The topological polar surface area (TPSA) is 9.23 Å². The van der Waals surface area contributed by atoms with E-state index in [1.165, 1.54) is 18.2 Å². The van der Waals surface area contributed by atoms with Crippen LogP contribution in [0.5, 0.6) is 0 Å². The van der Waals surface area contributed by atoms with Crippen molar-refractivity contribution < 1.29 is 8.82 Å². The molecule has 1 saturated heterocycles. The second-order valence-electron chi connectivity index (χ2n) is 6.32. The molecule has 0 N–H and O–H groups in total. The largest absolute Gasteiger partial charge is 0.407 e. The number of rotatable bonds is 0. The zero-order chi connectivity index (χ0) is 14.1. The van der Waals surface area contributed by atoms with Gasteiger partial charge in [-0.3, -0.25) is 0 Å². The fourth-order valence-corrected chi connectivity index (χ4v) is 8.58. The van der Waals surface area contributed by atoms with Crippen LogP contribution in [0, 0.1) is 17.7 Å². The Kier molecular flexibility index (Phi) is 4.00. The summed E-state index contributed by atoms with van der Waals surface area (Å²) in [5.41, 5.74) is 0.853. The van der Waals surface area contributed by atoms with Crippen molar-refractivity contribution >= 4 is 15.4 Å². The molecule has 1 aliphatic heterocycles. The van der Waals surface area contributed by atoms with Gasteiger partial charge in [-0.15, -0.1) is 0 Å². The lowest BCUT2D eigenvalue weighted by molar-refractivity contribution is 0.243. The van der Waals surface area contributed by atoms with E-state index in [2.05, 4.69) is 38.0 Å². The predicted octanol–water partition coefficient (Wildman–Crippen LogP) is 3.96. The molecular weight excluding hydrogens is 271 g/mol. The van der Waals surface area contributed by atoms with Crippen molar-refractivity contribution in [3.05, 3.63) is 35.6 Å². The number of hydrogen-bond acceptors (Lipinski definition) is 1. The van der Waals surface area contributed by atoms with Crippen molar-refractivity contribution in [1.29, 1.82) is 0 Å². The molecule has 0 amide bonds. The number of benzene rings is 1. The van der Waals surface area contributed by atoms with E-state index in [0.717, 1.165) is 12.0 Å². The van der Waals surface area contributed by atoms with Gasteiger partial charge < -0.3 is 4.43 Å². The van der Waals surface area contributed by atoms with Crippen LogP contribution in [0.2, 0.25) is 32.2 Å². The molecule has 0 saturated carbocycles. The van der Waals surface area contributed by atoms with Gasteiger partial charge in [0.15, 0.2) is 7.83 Å². The maximum Gasteiger partial charge on any atom is 0.175 e. The molecule has 0 aromatic heterocycles. The van der Waals surface area contributed by atoms with Gasteiger partial charge in [0.1, 0.15) is 11.9 Å². The molecule has 1 fully saturated rings. The van der Waals surface area contributed by atoms with E-state index in [9.17, 15) is 4.39 Å². The molecule has 4 heteroatoms. The van der Waals surface area contributed by atoms with Crippen molar-refractivity contribution in [3.8, 4) is 11.8 Å². The lowest BCUT2D eigenvalue weighted by Crippen LogP contribution is -2.61. The molecule has 1 nitrogen and oxygen atoms in total. The van der Waals surface area contributed by atoms with Crippen LogP contribution in [0.4, 0.5) is 4.39 Å². The summed E-state index contributed by atoms with van der Waals surface area (Å²) >= 11 is 0. The maximum atomic E-state index is 12.8. The summed E-state index contributed by atoms with van der Waals surface area (Å²) in [6.07, 6.45) is 1.11. The predicted molar refractivity (Wildman–Crippen MR) is 82.5 cm³/mol. The van der Waals surface area contributed by atoms with Crippen LogP contribution in [0.15, 0.2) is 24.3 Å². The molecule has 1 aliphatic rings. The lowest BCUT2D eigenvalue weighted by Gasteiger charge is -2.44. The molecule has 0 radical (unpaired) electrons. The van der Waals surface area contributed by atoms with Gasteiger partial charge in [-0.1, -0.05) is 31.0 Å². The van der Waals surface area contributed by atoms with E-state index in [4.69, 9.17) is 4.43 Å². The normalized spacial score (nSPS) is 24.4. The molecule has 0 spiro atoms. The Bertz CT molecular complexity index is 511. The first-order valence-corrected chi connectivity index (χ1v) is 13.9. The quantitative estimate of drug-likeness (QED) is 0.519. The van der Waals surface area contributed by atoms with Crippen molar-refractivity contribution in [3.63, 3.8) is 0 Å². The SMILES string of the molecule is C[Si]1(C)CCC(C#Cc2ccc(F)cc2)O[Si]1(C)C. The molecule has 1 unspecified atom stereocenters. The van der Waals surface area contributed by atoms with Crippen LogP contribution in [-0.4, -0.2) is 21.5 Å². The van der Waals surface area contributed by atoms with Crippen molar-refractivity contribution in [2.75, 3.05) is 0 Å². The lowest BCUT2D eigenvalue weighted by atomic mass is 10.2.